The van der Waals surface area contributed by atoms with Crippen LogP contribution < -0.4 is 4.74 Å². The van der Waals surface area contributed by atoms with Crippen molar-refractivity contribution in [1.29, 1.82) is 0 Å². The summed E-state index contributed by atoms with van der Waals surface area (Å²) in [7, 11) is 1.64. The Bertz CT molecular complexity index is 237. The van der Waals surface area contributed by atoms with Crippen LogP contribution in [0.1, 0.15) is 5.56 Å². The third kappa shape index (κ3) is 1.29. The highest BCUT2D eigenvalue weighted by molar-refractivity contribution is 9.10. The van der Waals surface area contributed by atoms with Gasteiger partial charge >= 0.3 is 0 Å². The molecule has 0 aliphatic rings. The highest BCUT2D eigenvalue weighted by atomic mass is 79.9. The summed E-state index contributed by atoms with van der Waals surface area (Å²) in [6.07, 6.45) is 3.44. The maximum absolute atomic E-state index is 5.03. The summed E-state index contributed by atoms with van der Waals surface area (Å²) in [5.41, 5.74) is 1.08. The van der Waals surface area contributed by atoms with Gasteiger partial charge < -0.3 is 4.74 Å². The van der Waals surface area contributed by atoms with Crippen LogP contribution in [0.4, 0.5) is 0 Å². The number of halogens is 1. The molecule has 0 atom stereocenters. The third-order valence-electron chi connectivity index (χ3n) is 1.33. The first-order chi connectivity index (χ1) is 4.75. The Labute approximate surface area is 68.4 Å². The second-order valence-electron chi connectivity index (χ2n) is 1.95. The van der Waals surface area contributed by atoms with Crippen LogP contribution >= 0.6 is 15.9 Å². The van der Waals surface area contributed by atoms with Crippen LogP contribution in [0.15, 0.2) is 16.9 Å². The number of ether oxygens (including phenoxy) is 1. The van der Waals surface area contributed by atoms with Gasteiger partial charge in [0.05, 0.1) is 13.3 Å². The fourth-order valence-electron chi connectivity index (χ4n) is 0.688. The normalized spacial score (nSPS) is 9.50. The van der Waals surface area contributed by atoms with E-state index in [0.29, 0.717) is 0 Å². The topological polar surface area (TPSA) is 22.1 Å². The van der Waals surface area contributed by atoms with Crippen LogP contribution in [-0.2, 0) is 0 Å². The van der Waals surface area contributed by atoms with Crippen LogP contribution in [-0.4, -0.2) is 12.1 Å². The first-order valence-electron chi connectivity index (χ1n) is 2.90. The molecule has 0 saturated heterocycles. The molecular weight excluding hydrogens is 194 g/mol. The lowest BCUT2D eigenvalue weighted by atomic mass is 10.3. The molecule has 0 radical (unpaired) electrons. The van der Waals surface area contributed by atoms with Crippen molar-refractivity contribution in [3.05, 3.63) is 22.4 Å². The van der Waals surface area contributed by atoms with E-state index in [1.165, 1.54) is 0 Å². The minimum absolute atomic E-state index is 0.814. The molecule has 2 nitrogen and oxygen atoms in total. The Morgan fingerprint density at radius 1 is 1.50 bits per heavy atom. The fourth-order valence-corrected chi connectivity index (χ4v) is 1.00. The van der Waals surface area contributed by atoms with Gasteiger partial charge in [-0.1, -0.05) is 0 Å². The van der Waals surface area contributed by atoms with Crippen molar-refractivity contribution in [2.45, 2.75) is 6.92 Å². The van der Waals surface area contributed by atoms with E-state index >= 15 is 0 Å². The van der Waals surface area contributed by atoms with Gasteiger partial charge in [0.2, 0.25) is 0 Å². The molecule has 0 spiro atoms. The number of hydrogen-bond donors (Lipinski definition) is 0. The van der Waals surface area contributed by atoms with Gasteiger partial charge in [0.1, 0.15) is 5.75 Å². The van der Waals surface area contributed by atoms with E-state index < -0.39 is 0 Å². The minimum atomic E-state index is 0.814. The summed E-state index contributed by atoms with van der Waals surface area (Å²) in [5, 5.41) is 0. The van der Waals surface area contributed by atoms with Gasteiger partial charge in [0, 0.05) is 16.2 Å². The first kappa shape index (κ1) is 7.54. The van der Waals surface area contributed by atoms with Crippen molar-refractivity contribution in [3.8, 4) is 5.75 Å². The molecule has 1 heterocycles. The van der Waals surface area contributed by atoms with Crippen LogP contribution in [0, 0.1) is 6.92 Å². The minimum Gasteiger partial charge on any atom is -0.495 e. The van der Waals surface area contributed by atoms with Crippen molar-refractivity contribution < 1.29 is 4.74 Å². The summed E-state index contributed by atoms with van der Waals surface area (Å²) < 4.78 is 6.01. The maximum atomic E-state index is 5.03. The molecule has 0 aliphatic heterocycles. The van der Waals surface area contributed by atoms with E-state index in [9.17, 15) is 0 Å². The van der Waals surface area contributed by atoms with E-state index in [1.54, 1.807) is 19.5 Å². The van der Waals surface area contributed by atoms with Crippen LogP contribution in [0.5, 0.6) is 5.75 Å². The van der Waals surface area contributed by atoms with Gasteiger partial charge in [0.25, 0.3) is 0 Å². The van der Waals surface area contributed by atoms with Crippen LogP contribution in [0.2, 0.25) is 0 Å². The summed E-state index contributed by atoms with van der Waals surface area (Å²) >= 11 is 3.34. The summed E-state index contributed by atoms with van der Waals surface area (Å²) in [6.45, 7) is 1.98. The molecule has 10 heavy (non-hydrogen) atoms. The third-order valence-corrected chi connectivity index (χ3v) is 2.13. The average Bonchev–Trinajstić information content (AvgIpc) is 1.95. The van der Waals surface area contributed by atoms with Gasteiger partial charge in [-0.05, 0) is 22.9 Å². The smallest absolute Gasteiger partial charge is 0.141 e. The van der Waals surface area contributed by atoms with Gasteiger partial charge in [-0.15, -0.1) is 0 Å². The fraction of sp³-hybridized carbons (Fsp3) is 0.286. The van der Waals surface area contributed by atoms with Gasteiger partial charge in [-0.25, -0.2) is 0 Å². The summed E-state index contributed by atoms with van der Waals surface area (Å²) in [4.78, 5) is 3.94. The SMILES string of the molecule is COc1cncc(Br)c1C. The lowest BCUT2D eigenvalue weighted by Gasteiger charge is -2.03. The molecule has 1 rings (SSSR count). The van der Waals surface area contributed by atoms with Gasteiger partial charge in [0.15, 0.2) is 0 Å². The second-order valence-corrected chi connectivity index (χ2v) is 2.80. The predicted octanol–water partition coefficient (Wildman–Crippen LogP) is 2.16. The standard InChI is InChI=1S/C7H8BrNO/c1-5-6(8)3-9-4-7(5)10-2/h3-4H,1-2H3. The average molecular weight is 202 g/mol. The molecule has 1 aromatic heterocycles. The second kappa shape index (κ2) is 3.01. The highest BCUT2D eigenvalue weighted by Crippen LogP contribution is 2.22. The zero-order valence-corrected chi connectivity index (χ0v) is 7.47. The predicted molar refractivity (Wildman–Crippen MR) is 43.2 cm³/mol. The first-order valence-corrected chi connectivity index (χ1v) is 3.69. The quantitative estimate of drug-likeness (QED) is 0.696. The van der Waals surface area contributed by atoms with Crippen molar-refractivity contribution in [2.24, 2.45) is 0 Å². The Kier molecular flexibility index (Phi) is 2.27. The maximum Gasteiger partial charge on any atom is 0.141 e. The molecule has 0 aromatic carbocycles. The molecule has 0 aliphatic carbocycles. The van der Waals surface area contributed by atoms with E-state index in [1.807, 2.05) is 6.92 Å². The van der Waals surface area contributed by atoms with Crippen molar-refractivity contribution in [1.82, 2.24) is 4.98 Å². The molecule has 0 amide bonds. The van der Waals surface area contributed by atoms with E-state index in [4.69, 9.17) is 4.74 Å². The number of methoxy groups -OCH3 is 1. The Hall–Kier alpha value is -0.570. The van der Waals surface area contributed by atoms with E-state index in [2.05, 4.69) is 20.9 Å². The number of hydrogen-bond acceptors (Lipinski definition) is 2. The number of rotatable bonds is 1. The largest absolute Gasteiger partial charge is 0.495 e. The molecular formula is C7H8BrNO. The Morgan fingerprint density at radius 2 is 2.20 bits per heavy atom. The van der Waals surface area contributed by atoms with Gasteiger partial charge in [-0.2, -0.15) is 0 Å². The van der Waals surface area contributed by atoms with Gasteiger partial charge in [-0.3, -0.25) is 4.98 Å². The zero-order valence-electron chi connectivity index (χ0n) is 5.89. The van der Waals surface area contributed by atoms with Crippen molar-refractivity contribution >= 4 is 15.9 Å². The molecule has 0 fully saturated rings. The lowest BCUT2D eigenvalue weighted by molar-refractivity contribution is 0.409. The Balaban J connectivity index is 3.14. The van der Waals surface area contributed by atoms with Crippen molar-refractivity contribution in [3.63, 3.8) is 0 Å². The lowest BCUT2D eigenvalue weighted by Crippen LogP contribution is -1.88. The van der Waals surface area contributed by atoms with E-state index in [-0.39, 0.29) is 0 Å². The molecule has 3 heteroatoms. The van der Waals surface area contributed by atoms with E-state index in [0.717, 1.165) is 15.8 Å². The molecule has 1 aromatic rings. The number of pyridine rings is 1. The monoisotopic (exact) mass is 201 g/mol. The zero-order chi connectivity index (χ0) is 7.56. The summed E-state index contributed by atoms with van der Waals surface area (Å²) in [5.74, 6) is 0.814. The number of aromatic nitrogens is 1. The highest BCUT2D eigenvalue weighted by Gasteiger charge is 1.99. The molecule has 0 unspecified atom stereocenters. The molecule has 0 saturated carbocycles. The molecule has 0 bridgehead atoms. The van der Waals surface area contributed by atoms with Crippen LogP contribution in [0.3, 0.4) is 0 Å². The molecule has 54 valence electrons. The van der Waals surface area contributed by atoms with Crippen LogP contribution in [0.25, 0.3) is 0 Å². The Morgan fingerprint density at radius 3 is 2.70 bits per heavy atom. The number of nitrogens with zero attached hydrogens (tertiary/aromatic N) is 1. The van der Waals surface area contributed by atoms with Crippen molar-refractivity contribution in [2.75, 3.05) is 7.11 Å². The molecule has 0 N–H and O–H groups in total. The summed E-state index contributed by atoms with van der Waals surface area (Å²) in [6, 6.07) is 0.